The predicted octanol–water partition coefficient (Wildman–Crippen LogP) is -0.415. The van der Waals surface area contributed by atoms with E-state index in [-0.39, 0.29) is 0 Å². The summed E-state index contributed by atoms with van der Waals surface area (Å²) in [7, 11) is 0. The van der Waals surface area contributed by atoms with E-state index in [1.165, 1.54) is 0 Å². The normalized spacial score (nSPS) is 15.5. The number of hydrogen-bond donors (Lipinski definition) is 2. The molecule has 0 aromatic carbocycles. The molecule has 2 unspecified atom stereocenters. The average molecular weight is 171 g/mol. The highest BCUT2D eigenvalue weighted by molar-refractivity contribution is 5.74. The zero-order valence-corrected chi connectivity index (χ0v) is 6.47. The molecule has 2 atom stereocenters. The molecule has 3 N–H and O–H groups in total. The lowest BCUT2D eigenvalue weighted by molar-refractivity contribution is -0.139. The van der Waals surface area contributed by atoms with Crippen molar-refractivity contribution < 1.29 is 14.4 Å². The minimum absolute atomic E-state index is 0.310. The monoisotopic (exact) mass is 171 g/mol. The second-order valence-electron chi connectivity index (χ2n) is 2.44. The fourth-order valence-corrected chi connectivity index (χ4v) is 0.754. The summed E-state index contributed by atoms with van der Waals surface area (Å²) in [6, 6.07) is -0.998. The highest BCUT2D eigenvalue weighted by Crippen LogP contribution is 2.12. The standard InChI is InChI=1S/C6H9N3O3/c1-3(4(7)6(10)11)5-8-2-12-9-5/h2-4H,7H2,1H3,(H,10,11). The zero-order chi connectivity index (χ0) is 9.14. The first-order chi connectivity index (χ1) is 5.63. The van der Waals surface area contributed by atoms with E-state index in [4.69, 9.17) is 10.8 Å². The minimum Gasteiger partial charge on any atom is -0.480 e. The van der Waals surface area contributed by atoms with Crippen molar-refractivity contribution >= 4 is 5.97 Å². The molecular weight excluding hydrogens is 162 g/mol. The van der Waals surface area contributed by atoms with E-state index in [1.807, 2.05) is 0 Å². The van der Waals surface area contributed by atoms with Crippen LogP contribution in [-0.4, -0.2) is 27.3 Å². The maximum absolute atomic E-state index is 10.4. The number of carboxylic acid groups (broad SMARTS) is 1. The van der Waals surface area contributed by atoms with E-state index in [0.717, 1.165) is 6.39 Å². The highest BCUT2D eigenvalue weighted by atomic mass is 16.5. The quantitative estimate of drug-likeness (QED) is 0.640. The van der Waals surface area contributed by atoms with Crippen LogP contribution in [0.2, 0.25) is 0 Å². The van der Waals surface area contributed by atoms with Gasteiger partial charge in [-0.25, -0.2) is 0 Å². The molecule has 0 spiro atoms. The van der Waals surface area contributed by atoms with Crippen LogP contribution in [0, 0.1) is 0 Å². The van der Waals surface area contributed by atoms with E-state index in [0.29, 0.717) is 5.82 Å². The number of hydrogen-bond acceptors (Lipinski definition) is 5. The van der Waals surface area contributed by atoms with Gasteiger partial charge in [-0.05, 0) is 0 Å². The Labute approximate surface area is 68.4 Å². The smallest absolute Gasteiger partial charge is 0.321 e. The summed E-state index contributed by atoms with van der Waals surface area (Å²) in [5.74, 6) is -1.21. The summed E-state index contributed by atoms with van der Waals surface area (Å²) in [5, 5.41) is 12.0. The number of nitrogens with two attached hydrogens (primary N) is 1. The van der Waals surface area contributed by atoms with Gasteiger partial charge < -0.3 is 15.4 Å². The van der Waals surface area contributed by atoms with Crippen LogP contribution < -0.4 is 5.73 Å². The van der Waals surface area contributed by atoms with E-state index in [2.05, 4.69) is 14.7 Å². The molecule has 0 saturated carbocycles. The number of nitrogens with zero attached hydrogens (tertiary/aromatic N) is 2. The van der Waals surface area contributed by atoms with Gasteiger partial charge in [0, 0.05) is 5.92 Å². The average Bonchev–Trinajstić information content (AvgIpc) is 2.53. The van der Waals surface area contributed by atoms with Crippen LogP contribution >= 0.6 is 0 Å². The lowest BCUT2D eigenvalue weighted by Crippen LogP contribution is -2.35. The third-order valence-corrected chi connectivity index (χ3v) is 1.61. The molecule has 6 nitrogen and oxygen atoms in total. The maximum Gasteiger partial charge on any atom is 0.321 e. The molecule has 12 heavy (non-hydrogen) atoms. The highest BCUT2D eigenvalue weighted by Gasteiger charge is 2.24. The van der Waals surface area contributed by atoms with Crippen LogP contribution in [0.5, 0.6) is 0 Å². The van der Waals surface area contributed by atoms with Crippen molar-refractivity contribution in [3.8, 4) is 0 Å². The van der Waals surface area contributed by atoms with E-state index in [1.54, 1.807) is 6.92 Å². The Morgan fingerprint density at radius 2 is 2.50 bits per heavy atom. The fraction of sp³-hybridized carbons (Fsp3) is 0.500. The SMILES string of the molecule is CC(c1ncon1)C(N)C(=O)O. The molecule has 1 rings (SSSR count). The van der Waals surface area contributed by atoms with Gasteiger partial charge in [-0.15, -0.1) is 0 Å². The summed E-state index contributed by atoms with van der Waals surface area (Å²) >= 11 is 0. The number of carbonyl (C=O) groups is 1. The lowest BCUT2D eigenvalue weighted by atomic mass is 10.0. The second kappa shape index (κ2) is 3.31. The van der Waals surface area contributed by atoms with Crippen LogP contribution in [0.4, 0.5) is 0 Å². The number of rotatable bonds is 3. The van der Waals surface area contributed by atoms with Crippen molar-refractivity contribution in [2.75, 3.05) is 0 Å². The minimum atomic E-state index is -1.08. The molecule has 0 bridgehead atoms. The third kappa shape index (κ3) is 1.59. The molecule has 0 aliphatic rings. The van der Waals surface area contributed by atoms with E-state index >= 15 is 0 Å². The van der Waals surface area contributed by atoms with Crippen LogP contribution in [-0.2, 0) is 4.79 Å². The molecule has 0 saturated heterocycles. The third-order valence-electron chi connectivity index (χ3n) is 1.61. The Morgan fingerprint density at radius 1 is 1.83 bits per heavy atom. The molecule has 1 aromatic rings. The van der Waals surface area contributed by atoms with Gasteiger partial charge in [0.25, 0.3) is 0 Å². The van der Waals surface area contributed by atoms with Crippen molar-refractivity contribution in [2.45, 2.75) is 18.9 Å². The molecule has 0 amide bonds. The van der Waals surface area contributed by atoms with Gasteiger partial charge in [0.05, 0.1) is 0 Å². The van der Waals surface area contributed by atoms with E-state index < -0.39 is 17.9 Å². The molecule has 0 fully saturated rings. The van der Waals surface area contributed by atoms with Gasteiger partial charge in [0.1, 0.15) is 6.04 Å². The van der Waals surface area contributed by atoms with Crippen molar-refractivity contribution in [3.05, 3.63) is 12.2 Å². The van der Waals surface area contributed by atoms with Gasteiger partial charge in [0.15, 0.2) is 5.82 Å². The topological polar surface area (TPSA) is 102 Å². The van der Waals surface area contributed by atoms with Gasteiger partial charge in [-0.3, -0.25) is 4.79 Å². The first kappa shape index (κ1) is 8.66. The maximum atomic E-state index is 10.4. The number of carboxylic acids is 1. The summed E-state index contributed by atoms with van der Waals surface area (Å²) in [6.07, 6.45) is 1.14. The first-order valence-electron chi connectivity index (χ1n) is 3.37. The zero-order valence-electron chi connectivity index (χ0n) is 6.47. The Bertz CT molecular complexity index is 259. The van der Waals surface area contributed by atoms with Crippen LogP contribution in [0.3, 0.4) is 0 Å². The van der Waals surface area contributed by atoms with Gasteiger partial charge >= 0.3 is 5.97 Å². The van der Waals surface area contributed by atoms with Crippen molar-refractivity contribution in [1.82, 2.24) is 10.1 Å². The molecule has 0 radical (unpaired) electrons. The lowest BCUT2D eigenvalue weighted by Gasteiger charge is -2.10. The van der Waals surface area contributed by atoms with Gasteiger partial charge in [-0.1, -0.05) is 12.1 Å². The van der Waals surface area contributed by atoms with Crippen LogP contribution in [0.1, 0.15) is 18.7 Å². The molecule has 0 aliphatic carbocycles. The van der Waals surface area contributed by atoms with Crippen molar-refractivity contribution in [3.63, 3.8) is 0 Å². The largest absolute Gasteiger partial charge is 0.480 e. The summed E-state index contributed by atoms with van der Waals surface area (Å²) in [4.78, 5) is 14.1. The van der Waals surface area contributed by atoms with Crippen molar-refractivity contribution in [1.29, 1.82) is 0 Å². The summed E-state index contributed by atoms with van der Waals surface area (Å²) in [5.41, 5.74) is 5.33. The fourth-order valence-electron chi connectivity index (χ4n) is 0.754. The van der Waals surface area contributed by atoms with Gasteiger partial charge in [0.2, 0.25) is 6.39 Å². The molecule has 1 aromatic heterocycles. The summed E-state index contributed by atoms with van der Waals surface area (Å²) < 4.78 is 4.46. The summed E-state index contributed by atoms with van der Waals surface area (Å²) in [6.45, 7) is 1.63. The second-order valence-corrected chi connectivity index (χ2v) is 2.44. The van der Waals surface area contributed by atoms with Gasteiger partial charge in [-0.2, -0.15) is 4.98 Å². The molecular formula is C6H9N3O3. The molecule has 1 heterocycles. The Balaban J connectivity index is 2.71. The molecule has 0 aliphatic heterocycles. The molecule has 66 valence electrons. The Morgan fingerprint density at radius 3 is 2.92 bits per heavy atom. The predicted molar refractivity (Wildman–Crippen MR) is 38.3 cm³/mol. The van der Waals surface area contributed by atoms with Crippen LogP contribution in [0.25, 0.3) is 0 Å². The Hall–Kier alpha value is -1.43. The number of aliphatic carboxylic acids is 1. The van der Waals surface area contributed by atoms with Crippen LogP contribution in [0.15, 0.2) is 10.9 Å². The Kier molecular flexibility index (Phi) is 2.39. The number of aromatic nitrogens is 2. The van der Waals surface area contributed by atoms with Crippen molar-refractivity contribution in [2.24, 2.45) is 5.73 Å². The molecule has 6 heteroatoms. The van der Waals surface area contributed by atoms with E-state index in [9.17, 15) is 4.79 Å². The first-order valence-corrected chi connectivity index (χ1v) is 3.37.